The van der Waals surface area contributed by atoms with Crippen molar-refractivity contribution in [2.75, 3.05) is 13.1 Å². The smallest absolute Gasteiger partial charge is 0.322 e. The predicted octanol–water partition coefficient (Wildman–Crippen LogP) is 3.50. The SMILES string of the molecule is CCc1ccc2ccc(C=CCCNC(C(=O)NC(C)C(=O)N3CCCC(C(=O)O)N3)C(C)C)cc2c1. The molecule has 2 aromatic rings. The minimum Gasteiger partial charge on any atom is -0.480 e. The van der Waals surface area contributed by atoms with Crippen molar-refractivity contribution in [2.24, 2.45) is 5.92 Å². The highest BCUT2D eigenvalue weighted by Crippen LogP contribution is 2.19. The zero-order valence-corrected chi connectivity index (χ0v) is 22.3. The van der Waals surface area contributed by atoms with E-state index in [1.807, 2.05) is 13.8 Å². The van der Waals surface area contributed by atoms with Gasteiger partial charge in [0, 0.05) is 6.54 Å². The van der Waals surface area contributed by atoms with Gasteiger partial charge in [-0.2, -0.15) is 0 Å². The minimum absolute atomic E-state index is 0.0315. The molecule has 0 radical (unpaired) electrons. The van der Waals surface area contributed by atoms with Gasteiger partial charge in [-0.3, -0.25) is 19.4 Å². The number of carbonyl (C=O) groups is 3. The number of aryl methyl sites for hydroxylation is 1. The summed E-state index contributed by atoms with van der Waals surface area (Å²) in [5, 5.41) is 19.1. The topological polar surface area (TPSA) is 111 Å². The molecule has 0 spiro atoms. The van der Waals surface area contributed by atoms with E-state index in [9.17, 15) is 19.5 Å². The monoisotopic (exact) mass is 508 g/mol. The fourth-order valence-corrected chi connectivity index (χ4v) is 4.53. The zero-order chi connectivity index (χ0) is 26.9. The molecule has 0 aromatic heterocycles. The molecular weight excluding hydrogens is 468 g/mol. The molecule has 8 nitrogen and oxygen atoms in total. The van der Waals surface area contributed by atoms with E-state index in [0.29, 0.717) is 25.9 Å². The van der Waals surface area contributed by atoms with Crippen LogP contribution in [0.15, 0.2) is 42.5 Å². The number of fused-ring (bicyclic) bond motifs is 1. The van der Waals surface area contributed by atoms with Gasteiger partial charge >= 0.3 is 5.97 Å². The van der Waals surface area contributed by atoms with Crippen molar-refractivity contribution >= 4 is 34.6 Å². The number of hydrazine groups is 1. The van der Waals surface area contributed by atoms with Crippen LogP contribution in [0.1, 0.15) is 58.1 Å². The first kappa shape index (κ1) is 28.3. The van der Waals surface area contributed by atoms with Crippen LogP contribution in [0.3, 0.4) is 0 Å². The molecule has 2 aromatic carbocycles. The van der Waals surface area contributed by atoms with Crippen LogP contribution in [-0.4, -0.2) is 59.1 Å². The van der Waals surface area contributed by atoms with Gasteiger partial charge < -0.3 is 15.7 Å². The maximum Gasteiger partial charge on any atom is 0.322 e. The molecular formula is C29H40N4O4. The first-order valence-corrected chi connectivity index (χ1v) is 13.2. The van der Waals surface area contributed by atoms with E-state index in [0.717, 1.165) is 18.4 Å². The second-order valence-electron chi connectivity index (χ2n) is 10.0. The number of nitrogens with zero attached hydrogens (tertiary/aromatic N) is 1. The molecule has 3 atom stereocenters. The van der Waals surface area contributed by atoms with Crippen molar-refractivity contribution in [3.05, 3.63) is 53.6 Å². The molecule has 1 heterocycles. The summed E-state index contributed by atoms with van der Waals surface area (Å²) in [6, 6.07) is 11.0. The number of rotatable bonds is 11. The lowest BCUT2D eigenvalue weighted by Gasteiger charge is -2.34. The van der Waals surface area contributed by atoms with E-state index in [2.05, 4.69) is 71.5 Å². The summed E-state index contributed by atoms with van der Waals surface area (Å²) in [5.41, 5.74) is 5.21. The number of carboxylic acid groups (broad SMARTS) is 1. The Labute approximate surface area is 219 Å². The van der Waals surface area contributed by atoms with Crippen molar-refractivity contribution in [1.29, 1.82) is 0 Å². The van der Waals surface area contributed by atoms with Crippen molar-refractivity contribution < 1.29 is 19.5 Å². The van der Waals surface area contributed by atoms with E-state index in [1.54, 1.807) is 6.92 Å². The Kier molecular flexibility index (Phi) is 10.2. The van der Waals surface area contributed by atoms with Gasteiger partial charge in [-0.25, -0.2) is 5.43 Å². The van der Waals surface area contributed by atoms with Gasteiger partial charge in [0.2, 0.25) is 5.91 Å². The minimum atomic E-state index is -0.987. The Hall–Kier alpha value is -3.23. The molecule has 3 rings (SSSR count). The maximum absolute atomic E-state index is 12.9. The summed E-state index contributed by atoms with van der Waals surface area (Å²) in [6.45, 7) is 8.74. The fraction of sp³-hybridized carbons (Fsp3) is 0.483. The van der Waals surface area contributed by atoms with Gasteiger partial charge in [0.15, 0.2) is 0 Å². The highest BCUT2D eigenvalue weighted by molar-refractivity contribution is 5.90. The highest BCUT2D eigenvalue weighted by Gasteiger charge is 2.31. The van der Waals surface area contributed by atoms with Gasteiger partial charge in [0.1, 0.15) is 12.1 Å². The number of nitrogens with one attached hydrogen (secondary N) is 3. The van der Waals surface area contributed by atoms with Gasteiger partial charge in [0.25, 0.3) is 5.91 Å². The number of hydrogen-bond acceptors (Lipinski definition) is 5. The van der Waals surface area contributed by atoms with Crippen molar-refractivity contribution in [3.8, 4) is 0 Å². The second-order valence-corrected chi connectivity index (χ2v) is 10.0. The Morgan fingerprint density at radius 2 is 1.89 bits per heavy atom. The molecule has 200 valence electrons. The highest BCUT2D eigenvalue weighted by atomic mass is 16.4. The Bertz CT molecular complexity index is 1130. The summed E-state index contributed by atoms with van der Waals surface area (Å²) in [7, 11) is 0. The third kappa shape index (κ3) is 7.87. The Morgan fingerprint density at radius 1 is 1.14 bits per heavy atom. The molecule has 2 amide bonds. The summed E-state index contributed by atoms with van der Waals surface area (Å²) < 4.78 is 0. The van der Waals surface area contributed by atoms with Crippen LogP contribution in [0.4, 0.5) is 0 Å². The number of aliphatic carboxylic acids is 1. The molecule has 1 saturated heterocycles. The average molecular weight is 509 g/mol. The lowest BCUT2D eigenvalue weighted by Crippen LogP contribution is -2.60. The predicted molar refractivity (Wildman–Crippen MR) is 147 cm³/mol. The van der Waals surface area contributed by atoms with Crippen molar-refractivity contribution in [2.45, 2.75) is 71.5 Å². The molecule has 4 N–H and O–H groups in total. The fourth-order valence-electron chi connectivity index (χ4n) is 4.53. The standard InChI is InChI=1S/C29H40N4O4/c1-5-21-11-13-23-14-12-22(18-24(23)17-21)9-6-7-15-30-26(19(2)3)27(34)31-20(4)28(35)33-16-8-10-25(32-33)29(36)37/h6,9,11-14,17-20,25-26,30,32H,5,7-8,10,15-16H2,1-4H3,(H,31,34)(H,36,37). The lowest BCUT2D eigenvalue weighted by atomic mass is 10.0. The molecule has 1 aliphatic rings. The largest absolute Gasteiger partial charge is 0.480 e. The normalized spacial score (nSPS) is 17.8. The Morgan fingerprint density at radius 3 is 2.59 bits per heavy atom. The van der Waals surface area contributed by atoms with E-state index >= 15 is 0 Å². The molecule has 1 aliphatic heterocycles. The van der Waals surface area contributed by atoms with E-state index in [-0.39, 0.29) is 17.7 Å². The second kappa shape index (κ2) is 13.4. The molecule has 3 unspecified atom stereocenters. The maximum atomic E-state index is 12.9. The van der Waals surface area contributed by atoms with Crippen LogP contribution >= 0.6 is 0 Å². The van der Waals surface area contributed by atoms with Gasteiger partial charge in [-0.1, -0.05) is 63.3 Å². The molecule has 37 heavy (non-hydrogen) atoms. The summed E-state index contributed by atoms with van der Waals surface area (Å²) in [6.07, 6.45) is 7.03. The van der Waals surface area contributed by atoms with Gasteiger partial charge in [-0.05, 0) is 73.0 Å². The molecule has 0 saturated carbocycles. The van der Waals surface area contributed by atoms with Crippen LogP contribution in [0, 0.1) is 5.92 Å². The van der Waals surface area contributed by atoms with E-state index in [4.69, 9.17) is 0 Å². The number of carbonyl (C=O) groups excluding carboxylic acids is 2. The van der Waals surface area contributed by atoms with Crippen LogP contribution in [0.25, 0.3) is 16.8 Å². The lowest BCUT2D eigenvalue weighted by molar-refractivity contribution is -0.148. The first-order valence-electron chi connectivity index (χ1n) is 13.2. The zero-order valence-electron chi connectivity index (χ0n) is 22.3. The van der Waals surface area contributed by atoms with E-state index < -0.39 is 24.1 Å². The van der Waals surface area contributed by atoms with Crippen molar-refractivity contribution in [1.82, 2.24) is 21.1 Å². The van der Waals surface area contributed by atoms with Gasteiger partial charge in [-0.15, -0.1) is 0 Å². The van der Waals surface area contributed by atoms with Gasteiger partial charge in [0.05, 0.1) is 6.04 Å². The molecule has 0 bridgehead atoms. The van der Waals surface area contributed by atoms with E-state index in [1.165, 1.54) is 21.3 Å². The third-order valence-electron chi connectivity index (χ3n) is 6.75. The molecule has 1 fully saturated rings. The molecule has 0 aliphatic carbocycles. The van der Waals surface area contributed by atoms with Crippen LogP contribution in [0.5, 0.6) is 0 Å². The summed E-state index contributed by atoms with van der Waals surface area (Å²) >= 11 is 0. The molecule has 8 heteroatoms. The number of benzene rings is 2. The average Bonchev–Trinajstić information content (AvgIpc) is 2.89. The van der Waals surface area contributed by atoms with Crippen LogP contribution in [0.2, 0.25) is 0 Å². The Balaban J connectivity index is 1.50. The number of amides is 2. The van der Waals surface area contributed by atoms with Crippen LogP contribution in [-0.2, 0) is 20.8 Å². The van der Waals surface area contributed by atoms with Crippen LogP contribution < -0.4 is 16.1 Å². The summed E-state index contributed by atoms with van der Waals surface area (Å²) in [4.78, 5) is 37.0. The number of carboxylic acids is 1. The first-order chi connectivity index (χ1) is 17.7. The number of hydrogen-bond donors (Lipinski definition) is 4. The van der Waals surface area contributed by atoms with Crippen molar-refractivity contribution in [3.63, 3.8) is 0 Å². The summed E-state index contributed by atoms with van der Waals surface area (Å²) in [5.74, 6) is -1.54. The third-order valence-corrected chi connectivity index (χ3v) is 6.75. The quantitative estimate of drug-likeness (QED) is 0.346.